The van der Waals surface area contributed by atoms with Crippen molar-refractivity contribution in [3.63, 3.8) is 0 Å². The number of methoxy groups -OCH3 is 1. The number of ether oxygens (including phenoxy) is 1. The lowest BCUT2D eigenvalue weighted by Gasteiger charge is -2.23. The zero-order chi connectivity index (χ0) is 14.5. The lowest BCUT2D eigenvalue weighted by molar-refractivity contribution is -0.118. The molecule has 2 rings (SSSR count). The van der Waals surface area contributed by atoms with Gasteiger partial charge in [-0.3, -0.25) is 9.59 Å². The zero-order valence-corrected chi connectivity index (χ0v) is 11.4. The summed E-state index contributed by atoms with van der Waals surface area (Å²) in [4.78, 5) is 23.4. The number of carbonyl (C=O) groups excluding carboxylic acids is 2. The molecule has 0 radical (unpaired) electrons. The van der Waals surface area contributed by atoms with Gasteiger partial charge in [0, 0.05) is 5.56 Å². The fourth-order valence-corrected chi connectivity index (χ4v) is 2.25. The molecule has 1 unspecified atom stereocenters. The highest BCUT2D eigenvalue weighted by Crippen LogP contribution is 2.26. The number of rotatable bonds is 4. The predicted molar refractivity (Wildman–Crippen MR) is 75.8 cm³/mol. The van der Waals surface area contributed by atoms with Crippen molar-refractivity contribution in [2.75, 3.05) is 19.0 Å². The van der Waals surface area contributed by atoms with Crippen LogP contribution in [0.15, 0.2) is 18.2 Å². The van der Waals surface area contributed by atoms with Crippen molar-refractivity contribution in [1.29, 1.82) is 0 Å². The Morgan fingerprint density at radius 3 is 2.80 bits per heavy atom. The van der Waals surface area contributed by atoms with Gasteiger partial charge in [0.25, 0.3) is 0 Å². The Balaban J connectivity index is 2.15. The van der Waals surface area contributed by atoms with Crippen molar-refractivity contribution in [2.45, 2.75) is 25.3 Å². The van der Waals surface area contributed by atoms with Gasteiger partial charge in [0.2, 0.25) is 11.8 Å². The van der Waals surface area contributed by atoms with Gasteiger partial charge in [-0.05, 0) is 37.6 Å². The molecule has 6 heteroatoms. The Morgan fingerprint density at radius 1 is 1.40 bits per heavy atom. The summed E-state index contributed by atoms with van der Waals surface area (Å²) >= 11 is 0. The number of amides is 2. The number of anilines is 1. The Hall–Kier alpha value is -2.08. The summed E-state index contributed by atoms with van der Waals surface area (Å²) in [6, 6.07) is 4.51. The largest absolute Gasteiger partial charge is 0.495 e. The first-order chi connectivity index (χ1) is 9.61. The van der Waals surface area contributed by atoms with Crippen LogP contribution < -0.4 is 21.1 Å². The standard InChI is InChI=1S/C14H19N3O3/c1-20-12-6-5-9(13(15)18)8-11(12)17-14(19)10-4-2-3-7-16-10/h5-6,8,10,16H,2-4,7H2,1H3,(H2,15,18)(H,17,19). The molecule has 0 spiro atoms. The van der Waals surface area contributed by atoms with Gasteiger partial charge in [-0.1, -0.05) is 6.42 Å². The van der Waals surface area contributed by atoms with Crippen LogP contribution in [0.2, 0.25) is 0 Å². The summed E-state index contributed by atoms with van der Waals surface area (Å²) in [5, 5.41) is 5.96. The van der Waals surface area contributed by atoms with Gasteiger partial charge >= 0.3 is 0 Å². The molecule has 1 fully saturated rings. The number of nitrogens with two attached hydrogens (primary N) is 1. The van der Waals surface area contributed by atoms with E-state index in [1.165, 1.54) is 13.2 Å². The van der Waals surface area contributed by atoms with Crippen molar-refractivity contribution in [3.8, 4) is 5.75 Å². The van der Waals surface area contributed by atoms with Crippen molar-refractivity contribution in [2.24, 2.45) is 5.73 Å². The normalized spacial score (nSPS) is 18.4. The van der Waals surface area contributed by atoms with E-state index < -0.39 is 5.91 Å². The molecule has 2 amide bonds. The number of benzene rings is 1. The van der Waals surface area contributed by atoms with E-state index in [2.05, 4.69) is 10.6 Å². The smallest absolute Gasteiger partial charge is 0.248 e. The summed E-state index contributed by atoms with van der Waals surface area (Å²) in [6.07, 6.45) is 2.93. The summed E-state index contributed by atoms with van der Waals surface area (Å²) in [5.74, 6) is -0.164. The molecule has 1 aromatic rings. The number of piperidine rings is 1. The minimum absolute atomic E-state index is 0.121. The molecule has 0 saturated carbocycles. The van der Waals surface area contributed by atoms with Gasteiger partial charge in [-0.15, -0.1) is 0 Å². The van der Waals surface area contributed by atoms with E-state index in [9.17, 15) is 9.59 Å². The third kappa shape index (κ3) is 3.27. The molecule has 1 atom stereocenters. The van der Waals surface area contributed by atoms with Gasteiger partial charge < -0.3 is 21.1 Å². The fraction of sp³-hybridized carbons (Fsp3) is 0.429. The number of hydrogen-bond acceptors (Lipinski definition) is 4. The number of primary amides is 1. The van der Waals surface area contributed by atoms with Gasteiger partial charge in [-0.2, -0.15) is 0 Å². The Morgan fingerprint density at radius 2 is 2.20 bits per heavy atom. The van der Waals surface area contributed by atoms with Crippen molar-refractivity contribution in [1.82, 2.24) is 5.32 Å². The molecule has 4 N–H and O–H groups in total. The molecule has 1 aromatic carbocycles. The molecule has 6 nitrogen and oxygen atoms in total. The molecule has 1 heterocycles. The third-order valence-corrected chi connectivity index (χ3v) is 3.37. The molecular formula is C14H19N3O3. The topological polar surface area (TPSA) is 93.4 Å². The Bertz CT molecular complexity index is 510. The summed E-state index contributed by atoms with van der Waals surface area (Å²) in [6.45, 7) is 0.844. The van der Waals surface area contributed by atoms with Crippen LogP contribution >= 0.6 is 0 Å². The van der Waals surface area contributed by atoms with E-state index in [1.807, 2.05) is 0 Å². The maximum atomic E-state index is 12.2. The van der Waals surface area contributed by atoms with E-state index in [0.717, 1.165) is 25.8 Å². The van der Waals surface area contributed by atoms with Crippen LogP contribution in [0.5, 0.6) is 5.75 Å². The second kappa shape index (κ2) is 6.38. The SMILES string of the molecule is COc1ccc(C(N)=O)cc1NC(=O)C1CCCCN1. The van der Waals surface area contributed by atoms with Crippen LogP contribution in [0.25, 0.3) is 0 Å². The van der Waals surface area contributed by atoms with Crippen molar-refractivity contribution in [3.05, 3.63) is 23.8 Å². The zero-order valence-electron chi connectivity index (χ0n) is 11.4. The summed E-state index contributed by atoms with van der Waals surface area (Å²) in [7, 11) is 1.51. The van der Waals surface area contributed by atoms with Gasteiger partial charge in [0.05, 0.1) is 18.8 Å². The fourth-order valence-electron chi connectivity index (χ4n) is 2.25. The van der Waals surface area contributed by atoms with Crippen LogP contribution in [0.1, 0.15) is 29.6 Å². The van der Waals surface area contributed by atoms with E-state index in [1.54, 1.807) is 12.1 Å². The van der Waals surface area contributed by atoms with E-state index in [4.69, 9.17) is 10.5 Å². The molecule has 0 bridgehead atoms. The van der Waals surface area contributed by atoms with Crippen LogP contribution in [-0.2, 0) is 4.79 Å². The molecule has 0 aliphatic carbocycles. The number of carbonyl (C=O) groups is 2. The highest BCUT2D eigenvalue weighted by atomic mass is 16.5. The Kier molecular flexibility index (Phi) is 4.57. The molecule has 108 valence electrons. The minimum Gasteiger partial charge on any atom is -0.495 e. The summed E-state index contributed by atoms with van der Waals surface area (Å²) < 4.78 is 5.18. The average molecular weight is 277 g/mol. The number of nitrogens with one attached hydrogen (secondary N) is 2. The van der Waals surface area contributed by atoms with E-state index >= 15 is 0 Å². The lowest BCUT2D eigenvalue weighted by atomic mass is 10.0. The first-order valence-electron chi connectivity index (χ1n) is 6.64. The van der Waals surface area contributed by atoms with Crippen molar-refractivity contribution >= 4 is 17.5 Å². The minimum atomic E-state index is -0.543. The van der Waals surface area contributed by atoms with Crippen LogP contribution in [0, 0.1) is 0 Å². The molecule has 0 aromatic heterocycles. The highest BCUT2D eigenvalue weighted by molar-refractivity contribution is 5.99. The van der Waals surface area contributed by atoms with E-state index in [0.29, 0.717) is 17.0 Å². The second-order valence-corrected chi connectivity index (χ2v) is 4.77. The second-order valence-electron chi connectivity index (χ2n) is 4.77. The quantitative estimate of drug-likeness (QED) is 0.761. The molecule has 1 aliphatic rings. The van der Waals surface area contributed by atoms with Gasteiger partial charge in [0.15, 0.2) is 0 Å². The first-order valence-corrected chi connectivity index (χ1v) is 6.64. The first kappa shape index (κ1) is 14.3. The van der Waals surface area contributed by atoms with Crippen LogP contribution in [-0.4, -0.2) is 31.5 Å². The number of hydrogen-bond donors (Lipinski definition) is 3. The molecule has 1 saturated heterocycles. The maximum Gasteiger partial charge on any atom is 0.248 e. The molecule has 1 aliphatic heterocycles. The lowest BCUT2D eigenvalue weighted by Crippen LogP contribution is -2.43. The Labute approximate surface area is 117 Å². The van der Waals surface area contributed by atoms with Crippen molar-refractivity contribution < 1.29 is 14.3 Å². The monoisotopic (exact) mass is 277 g/mol. The van der Waals surface area contributed by atoms with Crippen LogP contribution in [0.4, 0.5) is 5.69 Å². The predicted octanol–water partition coefficient (Wildman–Crippen LogP) is 0.875. The highest BCUT2D eigenvalue weighted by Gasteiger charge is 2.21. The van der Waals surface area contributed by atoms with E-state index in [-0.39, 0.29) is 11.9 Å². The van der Waals surface area contributed by atoms with Gasteiger partial charge in [0.1, 0.15) is 5.75 Å². The average Bonchev–Trinajstić information content (AvgIpc) is 2.48. The maximum absolute atomic E-state index is 12.2. The van der Waals surface area contributed by atoms with Crippen LogP contribution in [0.3, 0.4) is 0 Å². The third-order valence-electron chi connectivity index (χ3n) is 3.37. The molecule has 20 heavy (non-hydrogen) atoms. The molecular weight excluding hydrogens is 258 g/mol. The summed E-state index contributed by atoms with van der Waals surface area (Å²) in [5.41, 5.74) is 6.03. The van der Waals surface area contributed by atoms with Gasteiger partial charge in [-0.25, -0.2) is 0 Å².